The highest BCUT2D eigenvalue weighted by molar-refractivity contribution is 7.89. The molecule has 0 aliphatic rings. The van der Waals surface area contributed by atoms with Gasteiger partial charge < -0.3 is 4.74 Å². The second-order valence-corrected chi connectivity index (χ2v) is 5.87. The molecule has 0 bridgehead atoms. The minimum atomic E-state index is -3.46. The summed E-state index contributed by atoms with van der Waals surface area (Å²) in [6, 6.07) is 6.28. The lowest BCUT2D eigenvalue weighted by Gasteiger charge is -2.10. The van der Waals surface area contributed by atoms with Crippen molar-refractivity contribution in [3.05, 3.63) is 24.3 Å². The molecule has 1 aromatic carbocycles. The topological polar surface area (TPSA) is 55.4 Å². The molecule has 0 saturated heterocycles. The van der Waals surface area contributed by atoms with Crippen molar-refractivity contribution in [2.24, 2.45) is 0 Å². The maximum absolute atomic E-state index is 11.7. The number of hydrogen-bond donors (Lipinski definition) is 1. The Morgan fingerprint density at radius 3 is 2.35 bits per heavy atom. The van der Waals surface area contributed by atoms with E-state index in [4.69, 9.17) is 16.3 Å². The molecular formula is C11H16ClNO3S. The Bertz CT molecular complexity index is 442. The van der Waals surface area contributed by atoms with Crippen LogP contribution in [0.15, 0.2) is 29.2 Å². The van der Waals surface area contributed by atoms with E-state index in [1.807, 2.05) is 13.8 Å². The molecule has 0 saturated carbocycles. The van der Waals surface area contributed by atoms with Gasteiger partial charge in [0.1, 0.15) is 5.75 Å². The molecule has 0 fully saturated rings. The molecule has 4 nitrogen and oxygen atoms in total. The van der Waals surface area contributed by atoms with E-state index in [1.165, 1.54) is 12.1 Å². The number of nitrogens with one attached hydrogen (secondary N) is 1. The van der Waals surface area contributed by atoms with Crippen LogP contribution in [0.5, 0.6) is 5.75 Å². The summed E-state index contributed by atoms with van der Waals surface area (Å²) in [5.41, 5.74) is 0. The van der Waals surface area contributed by atoms with Gasteiger partial charge in [0.05, 0.1) is 11.0 Å². The number of sulfonamides is 1. The van der Waals surface area contributed by atoms with E-state index in [0.717, 1.165) is 0 Å². The van der Waals surface area contributed by atoms with Gasteiger partial charge in [0, 0.05) is 12.4 Å². The molecular weight excluding hydrogens is 262 g/mol. The van der Waals surface area contributed by atoms with Gasteiger partial charge in [-0.15, -0.1) is 11.6 Å². The summed E-state index contributed by atoms with van der Waals surface area (Å²) < 4.78 is 31.2. The number of halogens is 1. The molecule has 0 unspecified atom stereocenters. The van der Waals surface area contributed by atoms with Gasteiger partial charge in [-0.25, -0.2) is 13.1 Å². The van der Waals surface area contributed by atoms with E-state index in [9.17, 15) is 8.42 Å². The predicted molar refractivity (Wildman–Crippen MR) is 68.1 cm³/mol. The van der Waals surface area contributed by atoms with Crippen LogP contribution in [0.3, 0.4) is 0 Å². The van der Waals surface area contributed by atoms with Crippen LogP contribution in [0.2, 0.25) is 0 Å². The van der Waals surface area contributed by atoms with Crippen LogP contribution in [-0.4, -0.2) is 26.9 Å². The molecule has 0 amide bonds. The van der Waals surface area contributed by atoms with E-state index >= 15 is 0 Å². The standard InChI is InChI=1S/C11H16ClNO3S/c1-9(2)16-10-3-5-11(6-4-10)17(14,15)13-8-7-12/h3-6,9,13H,7-8H2,1-2H3. The highest BCUT2D eigenvalue weighted by Crippen LogP contribution is 2.16. The molecule has 0 aliphatic heterocycles. The molecule has 17 heavy (non-hydrogen) atoms. The largest absolute Gasteiger partial charge is 0.491 e. The highest BCUT2D eigenvalue weighted by atomic mass is 35.5. The average molecular weight is 278 g/mol. The maximum atomic E-state index is 11.7. The zero-order valence-corrected chi connectivity index (χ0v) is 11.4. The quantitative estimate of drug-likeness (QED) is 0.809. The summed E-state index contributed by atoms with van der Waals surface area (Å²) in [5, 5.41) is 0. The maximum Gasteiger partial charge on any atom is 0.240 e. The fourth-order valence-electron chi connectivity index (χ4n) is 1.23. The zero-order chi connectivity index (χ0) is 12.9. The first-order chi connectivity index (χ1) is 7.95. The van der Waals surface area contributed by atoms with Crippen molar-refractivity contribution in [1.82, 2.24) is 4.72 Å². The van der Waals surface area contributed by atoms with Gasteiger partial charge in [0.15, 0.2) is 0 Å². The lowest BCUT2D eigenvalue weighted by molar-refractivity contribution is 0.242. The first-order valence-electron chi connectivity index (χ1n) is 5.28. The van der Waals surface area contributed by atoms with E-state index in [-0.39, 0.29) is 23.4 Å². The Kier molecular flexibility index (Phi) is 5.24. The smallest absolute Gasteiger partial charge is 0.240 e. The van der Waals surface area contributed by atoms with Crippen LogP contribution < -0.4 is 9.46 Å². The minimum absolute atomic E-state index is 0.0619. The summed E-state index contributed by atoms with van der Waals surface area (Å²) in [4.78, 5) is 0.207. The summed E-state index contributed by atoms with van der Waals surface area (Å²) >= 11 is 5.43. The van der Waals surface area contributed by atoms with Gasteiger partial charge in [-0.1, -0.05) is 0 Å². The van der Waals surface area contributed by atoms with E-state index in [0.29, 0.717) is 5.75 Å². The van der Waals surface area contributed by atoms with Crippen molar-refractivity contribution >= 4 is 21.6 Å². The Balaban J connectivity index is 2.80. The fourth-order valence-corrected chi connectivity index (χ4v) is 2.46. The average Bonchev–Trinajstić information content (AvgIpc) is 2.26. The molecule has 6 heteroatoms. The number of rotatable bonds is 6. The van der Waals surface area contributed by atoms with Gasteiger partial charge in [0.2, 0.25) is 10.0 Å². The Labute approximate surface area is 107 Å². The third-order valence-corrected chi connectivity index (χ3v) is 3.56. The predicted octanol–water partition coefficient (Wildman–Crippen LogP) is 1.99. The Hall–Kier alpha value is -0.780. The molecule has 0 heterocycles. The van der Waals surface area contributed by atoms with Gasteiger partial charge in [0.25, 0.3) is 0 Å². The summed E-state index contributed by atoms with van der Waals surface area (Å²) in [6.45, 7) is 4.04. The second kappa shape index (κ2) is 6.23. The molecule has 96 valence electrons. The van der Waals surface area contributed by atoms with Crippen LogP contribution >= 0.6 is 11.6 Å². The molecule has 1 rings (SSSR count). The SMILES string of the molecule is CC(C)Oc1ccc(S(=O)(=O)NCCCl)cc1. The molecule has 0 spiro atoms. The molecule has 1 N–H and O–H groups in total. The molecule has 0 aliphatic carbocycles. The van der Waals surface area contributed by atoms with Gasteiger partial charge in [-0.05, 0) is 38.1 Å². The van der Waals surface area contributed by atoms with Crippen molar-refractivity contribution in [3.63, 3.8) is 0 Å². The van der Waals surface area contributed by atoms with Gasteiger partial charge in [-0.2, -0.15) is 0 Å². The van der Waals surface area contributed by atoms with Crippen molar-refractivity contribution in [2.75, 3.05) is 12.4 Å². The Morgan fingerprint density at radius 1 is 1.29 bits per heavy atom. The molecule has 1 aromatic rings. The highest BCUT2D eigenvalue weighted by Gasteiger charge is 2.12. The number of ether oxygens (including phenoxy) is 1. The van der Waals surface area contributed by atoms with Crippen LogP contribution in [-0.2, 0) is 10.0 Å². The number of alkyl halides is 1. The fraction of sp³-hybridized carbons (Fsp3) is 0.455. The van der Waals surface area contributed by atoms with Crippen LogP contribution in [0.4, 0.5) is 0 Å². The second-order valence-electron chi connectivity index (χ2n) is 3.72. The number of benzene rings is 1. The van der Waals surface area contributed by atoms with E-state index in [2.05, 4.69) is 4.72 Å². The lowest BCUT2D eigenvalue weighted by Crippen LogP contribution is -2.25. The lowest BCUT2D eigenvalue weighted by atomic mass is 10.3. The first-order valence-corrected chi connectivity index (χ1v) is 7.30. The number of hydrogen-bond acceptors (Lipinski definition) is 3. The van der Waals surface area contributed by atoms with Crippen molar-refractivity contribution < 1.29 is 13.2 Å². The van der Waals surface area contributed by atoms with Gasteiger partial charge in [-0.3, -0.25) is 0 Å². The van der Waals surface area contributed by atoms with Crippen molar-refractivity contribution in [1.29, 1.82) is 0 Å². The van der Waals surface area contributed by atoms with Crippen LogP contribution in [0, 0.1) is 0 Å². The summed E-state index contributed by atoms with van der Waals surface area (Å²) in [5.74, 6) is 0.893. The normalized spacial score (nSPS) is 11.8. The summed E-state index contributed by atoms with van der Waals surface area (Å²) in [6.07, 6.45) is 0.0619. The monoisotopic (exact) mass is 277 g/mol. The van der Waals surface area contributed by atoms with Crippen LogP contribution in [0.25, 0.3) is 0 Å². The minimum Gasteiger partial charge on any atom is -0.491 e. The molecule has 0 atom stereocenters. The Morgan fingerprint density at radius 2 is 1.88 bits per heavy atom. The third-order valence-electron chi connectivity index (χ3n) is 1.89. The van der Waals surface area contributed by atoms with Gasteiger partial charge >= 0.3 is 0 Å². The van der Waals surface area contributed by atoms with Crippen molar-refractivity contribution in [3.8, 4) is 5.75 Å². The van der Waals surface area contributed by atoms with E-state index < -0.39 is 10.0 Å². The first kappa shape index (κ1) is 14.3. The van der Waals surface area contributed by atoms with Crippen LogP contribution in [0.1, 0.15) is 13.8 Å². The van der Waals surface area contributed by atoms with E-state index in [1.54, 1.807) is 12.1 Å². The molecule has 0 radical (unpaired) electrons. The van der Waals surface area contributed by atoms with Crippen molar-refractivity contribution in [2.45, 2.75) is 24.8 Å². The molecule has 0 aromatic heterocycles. The summed E-state index contributed by atoms with van der Waals surface area (Å²) in [7, 11) is -3.46. The zero-order valence-electron chi connectivity index (χ0n) is 9.81. The third kappa shape index (κ3) is 4.53.